The van der Waals surface area contributed by atoms with Crippen LogP contribution in [0.4, 0.5) is 5.82 Å². The van der Waals surface area contributed by atoms with Crippen LogP contribution >= 0.6 is 11.6 Å². The maximum atomic E-state index is 5.99. The van der Waals surface area contributed by atoms with Crippen LogP contribution in [0.25, 0.3) is 0 Å². The highest BCUT2D eigenvalue weighted by Crippen LogP contribution is 2.28. The molecule has 4 nitrogen and oxygen atoms in total. The molecule has 112 valence electrons. The van der Waals surface area contributed by atoms with Crippen LogP contribution in [-0.4, -0.2) is 16.5 Å². The number of nitrogens with one attached hydrogen (secondary N) is 1. The fourth-order valence-electron chi connectivity index (χ4n) is 1.96. The van der Waals surface area contributed by atoms with Crippen molar-refractivity contribution >= 4 is 17.4 Å². The third-order valence-electron chi connectivity index (χ3n) is 2.98. The number of nitrogens with zero attached hydrogens (tertiary/aromatic N) is 2. The quantitative estimate of drug-likeness (QED) is 0.846. The largest absolute Gasteiger partial charge is 0.438 e. The van der Waals surface area contributed by atoms with E-state index in [-0.39, 0.29) is 0 Å². The topological polar surface area (TPSA) is 47.0 Å². The highest BCUT2D eigenvalue weighted by atomic mass is 35.5. The van der Waals surface area contributed by atoms with Gasteiger partial charge in [0.2, 0.25) is 5.88 Å². The monoisotopic (exact) mass is 305 g/mol. The van der Waals surface area contributed by atoms with Gasteiger partial charge < -0.3 is 10.1 Å². The lowest BCUT2D eigenvalue weighted by atomic mass is 10.2. The van der Waals surface area contributed by atoms with Crippen molar-refractivity contribution in [2.24, 2.45) is 0 Å². The lowest BCUT2D eigenvalue weighted by molar-refractivity contribution is 0.454. The summed E-state index contributed by atoms with van der Waals surface area (Å²) in [6.45, 7) is 6.90. The molecule has 0 saturated heterocycles. The summed E-state index contributed by atoms with van der Waals surface area (Å²) in [5, 5.41) is 3.89. The first-order valence-corrected chi connectivity index (χ1v) is 7.56. The predicted octanol–water partition coefficient (Wildman–Crippen LogP) is 4.62. The fraction of sp³-hybridized carbons (Fsp3) is 0.375. The number of hydrogen-bond acceptors (Lipinski definition) is 4. The third-order valence-corrected chi connectivity index (χ3v) is 3.21. The number of benzene rings is 1. The van der Waals surface area contributed by atoms with E-state index in [1.54, 1.807) is 6.07 Å². The summed E-state index contributed by atoms with van der Waals surface area (Å²) >= 11 is 5.99. The van der Waals surface area contributed by atoms with Gasteiger partial charge in [0, 0.05) is 18.0 Å². The molecule has 0 aliphatic rings. The number of halogens is 1. The smallest absolute Gasteiger partial charge is 0.227 e. The highest BCUT2D eigenvalue weighted by molar-refractivity contribution is 6.30. The molecule has 0 saturated carbocycles. The van der Waals surface area contributed by atoms with Gasteiger partial charge in [0.05, 0.1) is 5.56 Å². The maximum Gasteiger partial charge on any atom is 0.227 e. The zero-order chi connectivity index (χ0) is 15.2. The first-order valence-electron chi connectivity index (χ1n) is 7.18. The molecule has 0 unspecified atom stereocenters. The van der Waals surface area contributed by atoms with Gasteiger partial charge in [-0.2, -0.15) is 4.98 Å². The lowest BCUT2D eigenvalue weighted by Gasteiger charge is -2.13. The molecule has 0 bridgehead atoms. The van der Waals surface area contributed by atoms with Crippen LogP contribution in [0.15, 0.2) is 24.3 Å². The van der Waals surface area contributed by atoms with E-state index in [4.69, 9.17) is 16.3 Å². The van der Waals surface area contributed by atoms with Crippen molar-refractivity contribution < 1.29 is 4.74 Å². The van der Waals surface area contributed by atoms with Gasteiger partial charge in [0.15, 0.2) is 0 Å². The second kappa shape index (κ2) is 7.27. The zero-order valence-electron chi connectivity index (χ0n) is 12.6. The minimum absolute atomic E-state index is 0.576. The normalized spacial score (nSPS) is 10.5. The minimum atomic E-state index is 0.576. The SMILES string of the molecule is CCCc1nc(NCC)c(C)c(Oc2cccc(Cl)c2)n1. The molecular formula is C16H20ClN3O. The summed E-state index contributed by atoms with van der Waals surface area (Å²) in [5.41, 5.74) is 0.900. The van der Waals surface area contributed by atoms with Gasteiger partial charge in [-0.3, -0.25) is 0 Å². The Morgan fingerprint density at radius 1 is 1.24 bits per heavy atom. The van der Waals surface area contributed by atoms with E-state index in [1.807, 2.05) is 32.0 Å². The van der Waals surface area contributed by atoms with Crippen LogP contribution in [-0.2, 0) is 6.42 Å². The molecular weight excluding hydrogens is 286 g/mol. The molecule has 21 heavy (non-hydrogen) atoms. The fourth-order valence-corrected chi connectivity index (χ4v) is 2.14. The number of ether oxygens (including phenoxy) is 1. The van der Waals surface area contributed by atoms with Crippen molar-refractivity contribution in [1.29, 1.82) is 0 Å². The van der Waals surface area contributed by atoms with Gasteiger partial charge in [-0.05, 0) is 38.5 Å². The van der Waals surface area contributed by atoms with Crippen LogP contribution in [0.3, 0.4) is 0 Å². The molecule has 0 fully saturated rings. The van der Waals surface area contributed by atoms with E-state index in [1.165, 1.54) is 0 Å². The molecule has 1 N–H and O–H groups in total. The number of aryl methyl sites for hydroxylation is 1. The zero-order valence-corrected chi connectivity index (χ0v) is 13.4. The number of aromatic nitrogens is 2. The minimum Gasteiger partial charge on any atom is -0.438 e. The van der Waals surface area contributed by atoms with Crippen molar-refractivity contribution in [3.8, 4) is 11.6 Å². The molecule has 2 rings (SSSR count). The van der Waals surface area contributed by atoms with Gasteiger partial charge in [0.1, 0.15) is 17.4 Å². The molecule has 1 aromatic heterocycles. The van der Waals surface area contributed by atoms with E-state index in [0.717, 1.165) is 36.6 Å². The Balaban J connectivity index is 2.36. The van der Waals surface area contributed by atoms with E-state index in [9.17, 15) is 0 Å². The first kappa shape index (κ1) is 15.6. The Kier molecular flexibility index (Phi) is 5.39. The Bertz CT molecular complexity index is 616. The van der Waals surface area contributed by atoms with E-state index in [2.05, 4.69) is 22.2 Å². The van der Waals surface area contributed by atoms with Crippen molar-refractivity contribution in [2.45, 2.75) is 33.6 Å². The third kappa shape index (κ3) is 4.08. The molecule has 0 atom stereocenters. The van der Waals surface area contributed by atoms with Gasteiger partial charge >= 0.3 is 0 Å². The Morgan fingerprint density at radius 3 is 2.71 bits per heavy atom. The summed E-state index contributed by atoms with van der Waals surface area (Å²) in [5.74, 6) is 2.87. The lowest BCUT2D eigenvalue weighted by Crippen LogP contribution is -2.07. The maximum absolute atomic E-state index is 5.99. The molecule has 0 radical (unpaired) electrons. The average molecular weight is 306 g/mol. The second-order valence-electron chi connectivity index (χ2n) is 4.76. The molecule has 0 amide bonds. The number of rotatable bonds is 6. The summed E-state index contributed by atoms with van der Waals surface area (Å²) in [7, 11) is 0. The van der Waals surface area contributed by atoms with Crippen molar-refractivity contribution in [3.05, 3.63) is 40.7 Å². The summed E-state index contributed by atoms with van der Waals surface area (Å²) in [6, 6.07) is 7.30. The molecule has 0 aliphatic heterocycles. The highest BCUT2D eigenvalue weighted by Gasteiger charge is 2.12. The molecule has 2 aromatic rings. The van der Waals surface area contributed by atoms with Crippen LogP contribution in [0.2, 0.25) is 5.02 Å². The number of hydrogen-bond donors (Lipinski definition) is 1. The standard InChI is InChI=1S/C16H20ClN3O/c1-4-7-14-19-15(18-5-2)11(3)16(20-14)21-13-9-6-8-12(17)10-13/h6,8-10H,4-5,7H2,1-3H3,(H,18,19,20). The van der Waals surface area contributed by atoms with Gasteiger partial charge in [-0.25, -0.2) is 4.98 Å². The van der Waals surface area contributed by atoms with Crippen molar-refractivity contribution in [1.82, 2.24) is 9.97 Å². The van der Waals surface area contributed by atoms with Gasteiger partial charge in [-0.1, -0.05) is 24.6 Å². The molecule has 1 heterocycles. The van der Waals surface area contributed by atoms with Crippen LogP contribution < -0.4 is 10.1 Å². The van der Waals surface area contributed by atoms with E-state index < -0.39 is 0 Å². The van der Waals surface area contributed by atoms with Gasteiger partial charge in [-0.15, -0.1) is 0 Å². The van der Waals surface area contributed by atoms with E-state index >= 15 is 0 Å². The average Bonchev–Trinajstić information content (AvgIpc) is 2.44. The first-order chi connectivity index (χ1) is 10.1. The van der Waals surface area contributed by atoms with Crippen molar-refractivity contribution in [3.63, 3.8) is 0 Å². The Labute approximate surface area is 130 Å². The molecule has 0 spiro atoms. The number of anilines is 1. The summed E-state index contributed by atoms with van der Waals surface area (Å²) < 4.78 is 5.89. The molecule has 1 aromatic carbocycles. The Hall–Kier alpha value is -1.81. The summed E-state index contributed by atoms with van der Waals surface area (Å²) in [6.07, 6.45) is 1.82. The Morgan fingerprint density at radius 2 is 2.05 bits per heavy atom. The second-order valence-corrected chi connectivity index (χ2v) is 5.19. The van der Waals surface area contributed by atoms with Gasteiger partial charge in [0.25, 0.3) is 0 Å². The van der Waals surface area contributed by atoms with Crippen molar-refractivity contribution in [2.75, 3.05) is 11.9 Å². The van der Waals surface area contributed by atoms with Crippen LogP contribution in [0.5, 0.6) is 11.6 Å². The molecule has 5 heteroatoms. The van der Waals surface area contributed by atoms with E-state index in [0.29, 0.717) is 16.7 Å². The van der Waals surface area contributed by atoms with Crippen LogP contribution in [0.1, 0.15) is 31.7 Å². The summed E-state index contributed by atoms with van der Waals surface area (Å²) in [4.78, 5) is 9.06. The predicted molar refractivity (Wildman–Crippen MR) is 86.5 cm³/mol. The molecule has 0 aliphatic carbocycles. The van der Waals surface area contributed by atoms with Crippen LogP contribution in [0, 0.1) is 6.92 Å².